The molecule has 0 fully saturated rings. The lowest BCUT2D eigenvalue weighted by atomic mass is 10.2. The summed E-state index contributed by atoms with van der Waals surface area (Å²) in [6.07, 6.45) is 2.09. The van der Waals surface area contributed by atoms with Gasteiger partial charge in [-0.25, -0.2) is 10.9 Å². The summed E-state index contributed by atoms with van der Waals surface area (Å²) in [7, 11) is 0. The third-order valence-corrected chi connectivity index (χ3v) is 4.40. The molecule has 0 saturated heterocycles. The van der Waals surface area contributed by atoms with Crippen molar-refractivity contribution in [1.82, 2.24) is 10.9 Å². The Morgan fingerprint density at radius 1 is 0.741 bits per heavy atom. The Kier molecular flexibility index (Phi) is 8.06. The molecule has 0 aromatic heterocycles. The molecule has 0 aliphatic heterocycles. The van der Waals surface area contributed by atoms with Gasteiger partial charge >= 0.3 is 0 Å². The van der Waals surface area contributed by atoms with Crippen LogP contribution in [-0.2, 0) is 9.59 Å². The van der Waals surface area contributed by atoms with Crippen molar-refractivity contribution in [2.24, 2.45) is 10.2 Å². The van der Waals surface area contributed by atoms with E-state index in [1.807, 2.05) is 0 Å². The molecule has 0 atom stereocenters. The largest absolute Gasteiger partial charge is 0.273 e. The molecule has 0 aliphatic rings. The molecular formula is C17H12Cl4N4O2. The predicted molar refractivity (Wildman–Crippen MR) is 109 cm³/mol. The van der Waals surface area contributed by atoms with Crippen molar-refractivity contribution in [3.8, 4) is 0 Å². The molecule has 0 aliphatic carbocycles. The van der Waals surface area contributed by atoms with E-state index in [-0.39, 0.29) is 0 Å². The summed E-state index contributed by atoms with van der Waals surface area (Å²) < 4.78 is 0. The summed E-state index contributed by atoms with van der Waals surface area (Å²) in [5.41, 5.74) is 5.30. The fraction of sp³-hybridized carbons (Fsp3) is 0.0588. The molecule has 0 bridgehead atoms. The van der Waals surface area contributed by atoms with Crippen LogP contribution in [0.25, 0.3) is 0 Å². The second kappa shape index (κ2) is 10.3. The van der Waals surface area contributed by atoms with Crippen molar-refractivity contribution >= 4 is 70.6 Å². The molecule has 2 amide bonds. The van der Waals surface area contributed by atoms with Gasteiger partial charge in [-0.3, -0.25) is 9.59 Å². The average molecular weight is 446 g/mol. The number of hydrogen-bond acceptors (Lipinski definition) is 4. The van der Waals surface area contributed by atoms with Crippen molar-refractivity contribution in [2.45, 2.75) is 6.42 Å². The van der Waals surface area contributed by atoms with Gasteiger partial charge in [0.2, 0.25) is 11.8 Å². The minimum atomic E-state index is -0.641. The number of carbonyl (C=O) groups is 2. The highest BCUT2D eigenvalue weighted by Crippen LogP contribution is 2.22. The molecule has 2 N–H and O–H groups in total. The van der Waals surface area contributed by atoms with E-state index in [1.165, 1.54) is 12.4 Å². The van der Waals surface area contributed by atoms with Gasteiger partial charge in [0.05, 0.1) is 32.5 Å². The zero-order valence-electron chi connectivity index (χ0n) is 13.5. The average Bonchev–Trinajstić information content (AvgIpc) is 2.60. The highest BCUT2D eigenvalue weighted by Gasteiger charge is 2.08. The molecular weight excluding hydrogens is 434 g/mol. The number of halogens is 4. The van der Waals surface area contributed by atoms with Gasteiger partial charge < -0.3 is 0 Å². The van der Waals surface area contributed by atoms with E-state index < -0.39 is 18.2 Å². The third-order valence-electron chi connectivity index (χ3n) is 3.09. The van der Waals surface area contributed by atoms with Crippen LogP contribution in [0.15, 0.2) is 46.6 Å². The van der Waals surface area contributed by atoms with E-state index >= 15 is 0 Å². The maximum absolute atomic E-state index is 11.7. The van der Waals surface area contributed by atoms with Crippen LogP contribution in [0.3, 0.4) is 0 Å². The lowest BCUT2D eigenvalue weighted by Crippen LogP contribution is -2.27. The van der Waals surface area contributed by atoms with E-state index in [0.29, 0.717) is 31.2 Å². The van der Waals surface area contributed by atoms with E-state index in [0.717, 1.165) is 0 Å². The van der Waals surface area contributed by atoms with Crippen molar-refractivity contribution in [2.75, 3.05) is 0 Å². The third kappa shape index (κ3) is 6.52. The first-order chi connectivity index (χ1) is 12.9. The fourth-order valence-corrected chi connectivity index (χ4v) is 2.82. The molecule has 27 heavy (non-hydrogen) atoms. The van der Waals surface area contributed by atoms with Crippen molar-refractivity contribution in [3.05, 3.63) is 67.6 Å². The number of amides is 2. The number of carbonyl (C=O) groups excluding carboxylic acids is 2. The van der Waals surface area contributed by atoms with Crippen LogP contribution in [0, 0.1) is 0 Å². The van der Waals surface area contributed by atoms with E-state index in [2.05, 4.69) is 21.1 Å². The van der Waals surface area contributed by atoms with Crippen molar-refractivity contribution in [1.29, 1.82) is 0 Å². The first-order valence-corrected chi connectivity index (χ1v) is 8.91. The van der Waals surface area contributed by atoms with E-state index in [4.69, 9.17) is 46.4 Å². The number of rotatable bonds is 6. The van der Waals surface area contributed by atoms with Crippen molar-refractivity contribution < 1.29 is 9.59 Å². The Labute approximate surface area is 175 Å². The Balaban J connectivity index is 1.84. The zero-order valence-corrected chi connectivity index (χ0v) is 16.6. The number of hydrogen-bond donors (Lipinski definition) is 2. The molecule has 0 radical (unpaired) electrons. The van der Waals surface area contributed by atoms with Crippen LogP contribution in [0.5, 0.6) is 0 Å². The highest BCUT2D eigenvalue weighted by atomic mass is 35.5. The van der Waals surface area contributed by atoms with Gasteiger partial charge in [-0.05, 0) is 24.3 Å². The molecule has 10 heteroatoms. The molecule has 0 unspecified atom stereocenters. The van der Waals surface area contributed by atoms with Gasteiger partial charge in [0.1, 0.15) is 6.42 Å². The van der Waals surface area contributed by atoms with Crippen LogP contribution in [0.2, 0.25) is 20.1 Å². The minimum Gasteiger partial charge on any atom is -0.273 e. The van der Waals surface area contributed by atoms with E-state index in [9.17, 15) is 9.59 Å². The maximum atomic E-state index is 11.7. The molecule has 0 spiro atoms. The molecule has 140 valence electrons. The van der Waals surface area contributed by atoms with Crippen molar-refractivity contribution in [3.63, 3.8) is 0 Å². The van der Waals surface area contributed by atoms with Gasteiger partial charge in [0.15, 0.2) is 0 Å². The molecule has 0 saturated carbocycles. The summed E-state index contributed by atoms with van der Waals surface area (Å²) in [6.45, 7) is 0. The van der Waals surface area contributed by atoms with Gasteiger partial charge in [-0.15, -0.1) is 0 Å². The minimum absolute atomic E-state index is 0.380. The van der Waals surface area contributed by atoms with Crippen LogP contribution in [0.1, 0.15) is 17.5 Å². The predicted octanol–water partition coefficient (Wildman–Crippen LogP) is 4.29. The van der Waals surface area contributed by atoms with Crippen LogP contribution >= 0.6 is 46.4 Å². The zero-order chi connectivity index (χ0) is 19.8. The smallest absolute Gasteiger partial charge is 0.249 e. The fourth-order valence-electron chi connectivity index (χ4n) is 1.83. The molecule has 2 rings (SSSR count). The SMILES string of the molecule is O=C(CC(=O)N/N=C/c1c(Cl)cccc1Cl)N/N=C/c1c(Cl)cccc1Cl. The summed E-state index contributed by atoms with van der Waals surface area (Å²) in [4.78, 5) is 23.4. The Morgan fingerprint density at radius 3 is 1.41 bits per heavy atom. The Bertz CT molecular complexity index is 802. The number of hydrazone groups is 2. The normalized spacial score (nSPS) is 11.1. The Hall–Kier alpha value is -2.12. The first-order valence-electron chi connectivity index (χ1n) is 7.40. The molecule has 2 aromatic carbocycles. The van der Waals surface area contributed by atoms with Crippen LogP contribution < -0.4 is 10.9 Å². The second-order valence-corrected chi connectivity index (χ2v) is 6.66. The molecule has 6 nitrogen and oxygen atoms in total. The lowest BCUT2D eigenvalue weighted by Gasteiger charge is -2.02. The quantitative estimate of drug-likeness (QED) is 0.395. The van der Waals surface area contributed by atoms with Gasteiger partial charge in [0.25, 0.3) is 0 Å². The number of nitrogens with one attached hydrogen (secondary N) is 2. The number of nitrogens with zero attached hydrogens (tertiary/aromatic N) is 2. The maximum Gasteiger partial charge on any atom is 0.249 e. The highest BCUT2D eigenvalue weighted by molar-refractivity contribution is 6.39. The standard InChI is InChI=1S/C17H12Cl4N4O2/c18-12-3-1-4-13(19)10(12)8-22-24-16(26)7-17(27)25-23-9-11-14(20)5-2-6-15(11)21/h1-6,8-9H,7H2,(H,24,26)(H,25,27)/b22-8+,23-9+. The summed E-state index contributed by atoms with van der Waals surface area (Å²) >= 11 is 23.9. The Morgan fingerprint density at radius 2 is 1.07 bits per heavy atom. The molecule has 0 heterocycles. The summed E-state index contributed by atoms with van der Waals surface area (Å²) in [6, 6.07) is 9.89. The van der Waals surface area contributed by atoms with Gasteiger partial charge in [-0.1, -0.05) is 58.5 Å². The second-order valence-electron chi connectivity index (χ2n) is 5.03. The van der Waals surface area contributed by atoms with E-state index in [1.54, 1.807) is 36.4 Å². The van der Waals surface area contributed by atoms with Crippen LogP contribution in [0.4, 0.5) is 0 Å². The van der Waals surface area contributed by atoms with Gasteiger partial charge in [0, 0.05) is 11.1 Å². The van der Waals surface area contributed by atoms with Crippen LogP contribution in [-0.4, -0.2) is 24.2 Å². The molecule has 2 aromatic rings. The van der Waals surface area contributed by atoms with Gasteiger partial charge in [-0.2, -0.15) is 10.2 Å². The summed E-state index contributed by atoms with van der Waals surface area (Å²) in [5.74, 6) is -1.28. The summed E-state index contributed by atoms with van der Waals surface area (Å²) in [5, 5.41) is 8.96. The topological polar surface area (TPSA) is 82.9 Å². The first kappa shape index (κ1) is 21.2. The monoisotopic (exact) mass is 444 g/mol. The lowest BCUT2D eigenvalue weighted by molar-refractivity contribution is -0.129. The number of benzene rings is 2.